The molecule has 4 fully saturated rings. The molecule has 110 valence electrons. The Kier molecular flexibility index (Phi) is 2.51. The van der Waals surface area contributed by atoms with Crippen LogP contribution in [0.3, 0.4) is 0 Å². The standard InChI is InChI=1S/C15H18ClN5/c16-15-20-13-12(17-6-18-13)14(21-15)19-11-9-2-7-1-8(4-9)5-10(11)3-7/h6-11H,1-5H2,(H2,17,18,19,20,21)/p+1. The lowest BCUT2D eigenvalue weighted by molar-refractivity contribution is -0.347. The SMILES string of the molecule is Clc1nc(NC2C3CC4CC(C3)CC2C4)c2[nH]c[nH+]c2n1. The predicted octanol–water partition coefficient (Wildman–Crippen LogP) is 2.66. The van der Waals surface area contributed by atoms with Crippen LogP contribution in [0.4, 0.5) is 5.82 Å². The molecule has 2 aromatic heterocycles. The number of hydrogen-bond donors (Lipinski definition) is 2. The summed E-state index contributed by atoms with van der Waals surface area (Å²) in [5.41, 5.74) is 1.69. The molecule has 4 aliphatic rings. The Labute approximate surface area is 127 Å². The van der Waals surface area contributed by atoms with E-state index in [1.54, 1.807) is 6.33 Å². The lowest BCUT2D eigenvalue weighted by Crippen LogP contribution is -2.51. The summed E-state index contributed by atoms with van der Waals surface area (Å²) in [5, 5.41) is 4.00. The van der Waals surface area contributed by atoms with Crippen LogP contribution >= 0.6 is 11.6 Å². The predicted molar refractivity (Wildman–Crippen MR) is 79.9 cm³/mol. The van der Waals surface area contributed by atoms with E-state index in [4.69, 9.17) is 11.6 Å². The average Bonchev–Trinajstić information content (AvgIpc) is 2.90. The van der Waals surface area contributed by atoms with Crippen molar-refractivity contribution in [3.63, 3.8) is 0 Å². The zero-order valence-corrected chi connectivity index (χ0v) is 12.5. The minimum atomic E-state index is 0.296. The van der Waals surface area contributed by atoms with E-state index in [1.165, 1.54) is 32.1 Å². The van der Waals surface area contributed by atoms with Crippen molar-refractivity contribution in [1.82, 2.24) is 15.0 Å². The van der Waals surface area contributed by atoms with Crippen LogP contribution in [0.25, 0.3) is 11.2 Å². The molecule has 4 saturated carbocycles. The summed E-state index contributed by atoms with van der Waals surface area (Å²) in [7, 11) is 0. The molecule has 0 saturated heterocycles. The molecule has 2 heterocycles. The minimum Gasteiger partial charge on any atom is -0.364 e. The van der Waals surface area contributed by atoms with Crippen molar-refractivity contribution in [2.24, 2.45) is 23.7 Å². The minimum absolute atomic E-state index is 0.296. The highest BCUT2D eigenvalue weighted by Gasteiger charge is 2.48. The van der Waals surface area contributed by atoms with Gasteiger partial charge in [-0.2, -0.15) is 4.98 Å². The van der Waals surface area contributed by atoms with Crippen molar-refractivity contribution in [2.45, 2.75) is 38.1 Å². The quantitative estimate of drug-likeness (QED) is 0.838. The number of H-pyrrole nitrogens is 2. The van der Waals surface area contributed by atoms with Crippen LogP contribution in [0.5, 0.6) is 0 Å². The Morgan fingerprint density at radius 2 is 1.81 bits per heavy atom. The molecule has 0 aromatic carbocycles. The maximum atomic E-state index is 6.05. The third kappa shape index (κ3) is 1.86. The van der Waals surface area contributed by atoms with E-state index < -0.39 is 0 Å². The Morgan fingerprint density at radius 3 is 2.52 bits per heavy atom. The van der Waals surface area contributed by atoms with Crippen molar-refractivity contribution in [3.8, 4) is 0 Å². The zero-order valence-electron chi connectivity index (χ0n) is 11.8. The molecule has 0 unspecified atom stereocenters. The summed E-state index contributed by atoms with van der Waals surface area (Å²) in [6.07, 6.45) is 8.83. The van der Waals surface area contributed by atoms with E-state index in [0.717, 1.165) is 40.7 Å². The largest absolute Gasteiger partial charge is 0.364 e. The fourth-order valence-electron chi connectivity index (χ4n) is 5.27. The molecule has 2 aromatic rings. The molecule has 6 heteroatoms. The lowest BCUT2D eigenvalue weighted by atomic mass is 9.54. The maximum Gasteiger partial charge on any atom is 0.306 e. The summed E-state index contributed by atoms with van der Waals surface area (Å²) in [6.45, 7) is 0. The monoisotopic (exact) mass is 304 g/mol. The summed E-state index contributed by atoms with van der Waals surface area (Å²) in [5.74, 6) is 4.44. The van der Waals surface area contributed by atoms with E-state index in [-0.39, 0.29) is 0 Å². The number of aromatic nitrogens is 4. The molecule has 4 aliphatic carbocycles. The molecule has 0 atom stereocenters. The number of fused-ring (bicyclic) bond motifs is 1. The Balaban J connectivity index is 1.50. The van der Waals surface area contributed by atoms with E-state index in [1.807, 2.05) is 0 Å². The fraction of sp³-hybridized carbons (Fsp3) is 0.667. The normalized spacial score (nSPS) is 37.3. The number of nitrogens with zero attached hydrogens (tertiary/aromatic N) is 2. The lowest BCUT2D eigenvalue weighted by Gasteiger charge is -2.54. The topological polar surface area (TPSA) is 67.7 Å². The zero-order chi connectivity index (χ0) is 14.0. The highest BCUT2D eigenvalue weighted by molar-refractivity contribution is 6.28. The summed E-state index contributed by atoms with van der Waals surface area (Å²) < 4.78 is 0. The number of hydrogen-bond acceptors (Lipinski definition) is 3. The molecular formula is C15H19ClN5+. The number of nitrogens with one attached hydrogen (secondary N) is 3. The first kappa shape index (κ1) is 12.2. The molecule has 0 spiro atoms. The number of halogens is 1. The van der Waals surface area contributed by atoms with Gasteiger partial charge in [-0.15, -0.1) is 0 Å². The highest BCUT2D eigenvalue weighted by atomic mass is 35.5. The van der Waals surface area contributed by atoms with Crippen LogP contribution in [-0.4, -0.2) is 21.0 Å². The first-order chi connectivity index (χ1) is 10.3. The van der Waals surface area contributed by atoms with Crippen LogP contribution in [0.1, 0.15) is 32.1 Å². The van der Waals surface area contributed by atoms with Gasteiger partial charge in [-0.3, -0.25) is 4.98 Å². The fourth-order valence-corrected chi connectivity index (χ4v) is 5.44. The van der Waals surface area contributed by atoms with Crippen LogP contribution in [0.2, 0.25) is 5.28 Å². The Bertz CT molecular complexity index is 668. The molecule has 0 radical (unpaired) electrons. The Hall–Kier alpha value is -1.36. The van der Waals surface area contributed by atoms with Gasteiger partial charge in [0.25, 0.3) is 0 Å². The van der Waals surface area contributed by atoms with E-state index in [2.05, 4.69) is 25.3 Å². The highest BCUT2D eigenvalue weighted by Crippen LogP contribution is 2.54. The first-order valence-electron chi connectivity index (χ1n) is 7.95. The average molecular weight is 305 g/mol. The summed E-state index contributed by atoms with van der Waals surface area (Å²) in [6, 6.07) is 0.551. The van der Waals surface area contributed by atoms with Gasteiger partial charge in [-0.25, -0.2) is 4.98 Å². The van der Waals surface area contributed by atoms with Crippen LogP contribution in [0, 0.1) is 23.7 Å². The van der Waals surface area contributed by atoms with Crippen molar-refractivity contribution < 1.29 is 4.98 Å². The number of anilines is 1. The molecule has 3 N–H and O–H groups in total. The molecule has 4 bridgehead atoms. The second-order valence-corrected chi connectivity index (χ2v) is 7.44. The number of imidazole rings is 1. The van der Waals surface area contributed by atoms with Crippen molar-refractivity contribution in [1.29, 1.82) is 0 Å². The third-order valence-electron chi connectivity index (χ3n) is 5.84. The molecule has 0 amide bonds. The molecule has 21 heavy (non-hydrogen) atoms. The van der Waals surface area contributed by atoms with Crippen molar-refractivity contribution in [3.05, 3.63) is 11.6 Å². The first-order valence-corrected chi connectivity index (χ1v) is 8.33. The third-order valence-corrected chi connectivity index (χ3v) is 6.01. The molecule has 6 rings (SSSR count). The summed E-state index contributed by atoms with van der Waals surface area (Å²) in [4.78, 5) is 14.9. The number of aromatic amines is 2. The van der Waals surface area contributed by atoms with E-state index in [0.29, 0.717) is 11.3 Å². The second-order valence-electron chi connectivity index (χ2n) is 7.10. The van der Waals surface area contributed by atoms with Gasteiger partial charge in [0.1, 0.15) is 0 Å². The van der Waals surface area contributed by atoms with Gasteiger partial charge in [-0.1, -0.05) is 4.98 Å². The Morgan fingerprint density at radius 1 is 1.10 bits per heavy atom. The van der Waals surface area contributed by atoms with Crippen LogP contribution in [-0.2, 0) is 0 Å². The van der Waals surface area contributed by atoms with Crippen LogP contribution < -0.4 is 10.3 Å². The van der Waals surface area contributed by atoms with Gasteiger partial charge in [-0.05, 0) is 67.4 Å². The van der Waals surface area contributed by atoms with Gasteiger partial charge < -0.3 is 5.32 Å². The molecule has 5 nitrogen and oxygen atoms in total. The second kappa shape index (κ2) is 4.32. The smallest absolute Gasteiger partial charge is 0.306 e. The van der Waals surface area contributed by atoms with E-state index in [9.17, 15) is 0 Å². The van der Waals surface area contributed by atoms with Gasteiger partial charge in [0.05, 0.1) is 0 Å². The van der Waals surface area contributed by atoms with Crippen molar-refractivity contribution in [2.75, 3.05) is 5.32 Å². The van der Waals surface area contributed by atoms with E-state index >= 15 is 0 Å². The van der Waals surface area contributed by atoms with Gasteiger partial charge >= 0.3 is 10.9 Å². The van der Waals surface area contributed by atoms with Gasteiger partial charge in [0.15, 0.2) is 12.1 Å². The summed E-state index contributed by atoms with van der Waals surface area (Å²) >= 11 is 6.05. The van der Waals surface area contributed by atoms with Crippen molar-refractivity contribution >= 4 is 28.6 Å². The van der Waals surface area contributed by atoms with Crippen LogP contribution in [0.15, 0.2) is 6.33 Å². The molecule has 0 aliphatic heterocycles. The number of rotatable bonds is 2. The maximum absolute atomic E-state index is 6.05. The van der Waals surface area contributed by atoms with Gasteiger partial charge in [0, 0.05) is 6.04 Å². The molecular weight excluding hydrogens is 286 g/mol. The van der Waals surface area contributed by atoms with Gasteiger partial charge in [0.2, 0.25) is 5.52 Å².